The third kappa shape index (κ3) is 2.11. The van der Waals surface area contributed by atoms with E-state index in [9.17, 15) is 14.4 Å². The Hall–Kier alpha value is -2.76. The van der Waals surface area contributed by atoms with Gasteiger partial charge >= 0.3 is 0 Å². The summed E-state index contributed by atoms with van der Waals surface area (Å²) in [5.41, 5.74) is 1.14. The number of aromatic nitrogens is 1. The molecule has 1 aliphatic heterocycles. The second kappa shape index (κ2) is 4.73. The molecule has 0 saturated carbocycles. The zero-order valence-electron chi connectivity index (χ0n) is 10.5. The first-order valence-corrected chi connectivity index (χ1v) is 6.11. The summed E-state index contributed by atoms with van der Waals surface area (Å²) in [6.07, 6.45) is 1.65. The molecule has 0 unspecified atom stereocenters. The minimum absolute atomic E-state index is 0.110. The van der Waals surface area contributed by atoms with Crippen molar-refractivity contribution in [3.8, 4) is 0 Å². The molecule has 0 atom stereocenters. The maximum absolute atomic E-state index is 12.5. The summed E-state index contributed by atoms with van der Waals surface area (Å²) >= 11 is 0. The first-order chi connectivity index (χ1) is 9.65. The number of hydrogen-bond donors (Lipinski definition) is 1. The number of rotatable bonds is 1. The van der Waals surface area contributed by atoms with Crippen LogP contribution in [-0.4, -0.2) is 40.7 Å². The summed E-state index contributed by atoms with van der Waals surface area (Å²) in [5, 5.41) is 2.88. The summed E-state index contributed by atoms with van der Waals surface area (Å²) in [5.74, 6) is -1.27. The molecule has 2 heterocycles. The van der Waals surface area contributed by atoms with Crippen molar-refractivity contribution in [2.75, 3.05) is 13.1 Å². The third-order valence-corrected chi connectivity index (χ3v) is 3.11. The number of nitrogens with one attached hydrogen (secondary N) is 1. The van der Waals surface area contributed by atoms with E-state index in [0.717, 1.165) is 0 Å². The number of amides is 3. The van der Waals surface area contributed by atoms with Gasteiger partial charge in [-0.05, 0) is 18.2 Å². The minimum Gasteiger partial charge on any atom is -0.320 e. The van der Waals surface area contributed by atoms with Gasteiger partial charge in [0.1, 0.15) is 13.1 Å². The molecule has 0 radical (unpaired) electrons. The van der Waals surface area contributed by atoms with Gasteiger partial charge in [0, 0.05) is 17.1 Å². The number of hydrogen-bond acceptors (Lipinski definition) is 4. The topological polar surface area (TPSA) is 79.4 Å². The smallest absolute Gasteiger partial charge is 0.255 e. The van der Waals surface area contributed by atoms with Crippen LogP contribution in [0.5, 0.6) is 0 Å². The zero-order chi connectivity index (χ0) is 14.1. The number of pyridine rings is 1. The summed E-state index contributed by atoms with van der Waals surface area (Å²) in [6.45, 7) is -0.220. The Balaban J connectivity index is 2.00. The molecular weight excluding hydrogens is 258 g/mol. The van der Waals surface area contributed by atoms with Crippen LogP contribution >= 0.6 is 0 Å². The molecular formula is C14H11N3O3. The average molecular weight is 269 g/mol. The number of piperazine rings is 1. The molecule has 20 heavy (non-hydrogen) atoms. The lowest BCUT2D eigenvalue weighted by Crippen LogP contribution is -2.53. The zero-order valence-corrected chi connectivity index (χ0v) is 10.5. The highest BCUT2D eigenvalue weighted by Gasteiger charge is 2.27. The number of benzene rings is 1. The lowest BCUT2D eigenvalue weighted by atomic mass is 10.1. The highest BCUT2D eigenvalue weighted by atomic mass is 16.2. The molecule has 1 aliphatic rings. The Morgan fingerprint density at radius 2 is 1.85 bits per heavy atom. The molecule has 3 rings (SSSR count). The Bertz CT molecular complexity index is 705. The normalized spacial score (nSPS) is 15.3. The Labute approximate surface area is 114 Å². The van der Waals surface area contributed by atoms with E-state index in [1.54, 1.807) is 36.5 Å². The van der Waals surface area contributed by atoms with E-state index in [4.69, 9.17) is 0 Å². The summed E-state index contributed by atoms with van der Waals surface area (Å²) in [4.78, 5) is 40.6. The molecule has 3 amide bonds. The molecule has 2 aromatic rings. The second-order valence-electron chi connectivity index (χ2n) is 4.51. The molecule has 0 aliphatic carbocycles. The second-order valence-corrected chi connectivity index (χ2v) is 4.51. The minimum atomic E-state index is -0.465. The molecule has 100 valence electrons. The molecule has 0 bridgehead atoms. The number of nitrogens with zero attached hydrogens (tertiary/aromatic N) is 2. The van der Waals surface area contributed by atoms with Gasteiger partial charge in [0.15, 0.2) is 0 Å². The lowest BCUT2D eigenvalue weighted by Gasteiger charge is -2.25. The van der Waals surface area contributed by atoms with Crippen molar-refractivity contribution in [2.24, 2.45) is 0 Å². The SMILES string of the molecule is O=C1CN(C(=O)c2cccc3ncccc23)CC(=O)N1. The van der Waals surface area contributed by atoms with E-state index < -0.39 is 11.8 Å². The number of fused-ring (bicyclic) bond motifs is 1. The molecule has 1 N–H and O–H groups in total. The Morgan fingerprint density at radius 1 is 1.10 bits per heavy atom. The summed E-state index contributed by atoms with van der Waals surface area (Å²) in [7, 11) is 0. The van der Waals surface area contributed by atoms with Gasteiger partial charge in [-0.25, -0.2) is 0 Å². The van der Waals surface area contributed by atoms with Crippen LogP contribution < -0.4 is 5.32 Å². The van der Waals surface area contributed by atoms with Crippen molar-refractivity contribution in [3.63, 3.8) is 0 Å². The maximum atomic E-state index is 12.5. The van der Waals surface area contributed by atoms with Crippen molar-refractivity contribution in [1.29, 1.82) is 0 Å². The van der Waals surface area contributed by atoms with Crippen molar-refractivity contribution in [3.05, 3.63) is 42.1 Å². The van der Waals surface area contributed by atoms with E-state index in [2.05, 4.69) is 10.3 Å². The first kappa shape index (κ1) is 12.3. The van der Waals surface area contributed by atoms with Crippen molar-refractivity contribution >= 4 is 28.6 Å². The highest BCUT2D eigenvalue weighted by molar-refractivity contribution is 6.10. The summed E-state index contributed by atoms with van der Waals surface area (Å²) in [6, 6.07) is 8.74. The molecule has 1 saturated heterocycles. The van der Waals surface area contributed by atoms with Gasteiger partial charge < -0.3 is 4.90 Å². The Kier molecular flexibility index (Phi) is 2.90. The van der Waals surface area contributed by atoms with Crippen LogP contribution in [0.3, 0.4) is 0 Å². The van der Waals surface area contributed by atoms with Crippen LogP contribution in [0.2, 0.25) is 0 Å². The highest BCUT2D eigenvalue weighted by Crippen LogP contribution is 2.18. The predicted octanol–water partition coefficient (Wildman–Crippen LogP) is 0.333. The summed E-state index contributed by atoms with van der Waals surface area (Å²) < 4.78 is 0. The van der Waals surface area contributed by atoms with Crippen LogP contribution in [0.15, 0.2) is 36.5 Å². The Morgan fingerprint density at radius 3 is 2.60 bits per heavy atom. The van der Waals surface area contributed by atoms with Crippen molar-refractivity contribution < 1.29 is 14.4 Å². The fourth-order valence-electron chi connectivity index (χ4n) is 2.24. The van der Waals surface area contributed by atoms with E-state index >= 15 is 0 Å². The molecule has 0 spiro atoms. The molecule has 1 fully saturated rings. The fourth-order valence-corrected chi connectivity index (χ4v) is 2.24. The standard InChI is InChI=1S/C14H11N3O3/c18-12-7-17(8-13(19)16-12)14(20)10-3-1-5-11-9(10)4-2-6-15-11/h1-6H,7-8H2,(H,16,18,19). The number of carbonyl (C=O) groups excluding carboxylic acids is 3. The van der Waals surface area contributed by atoms with Gasteiger partial charge in [0.05, 0.1) is 5.52 Å². The lowest BCUT2D eigenvalue weighted by molar-refractivity contribution is -0.135. The van der Waals surface area contributed by atoms with Crippen LogP contribution in [0.25, 0.3) is 10.9 Å². The van der Waals surface area contributed by atoms with Gasteiger partial charge in [-0.15, -0.1) is 0 Å². The average Bonchev–Trinajstić information content (AvgIpc) is 2.45. The first-order valence-electron chi connectivity index (χ1n) is 6.11. The number of carbonyl (C=O) groups is 3. The largest absolute Gasteiger partial charge is 0.320 e. The molecule has 1 aromatic heterocycles. The van der Waals surface area contributed by atoms with Gasteiger partial charge in [0.2, 0.25) is 11.8 Å². The van der Waals surface area contributed by atoms with Crippen LogP contribution in [0, 0.1) is 0 Å². The van der Waals surface area contributed by atoms with E-state index in [-0.39, 0.29) is 19.0 Å². The van der Waals surface area contributed by atoms with Gasteiger partial charge in [-0.2, -0.15) is 0 Å². The molecule has 6 nitrogen and oxygen atoms in total. The maximum Gasteiger partial charge on any atom is 0.255 e. The monoisotopic (exact) mass is 269 g/mol. The van der Waals surface area contributed by atoms with Crippen LogP contribution in [-0.2, 0) is 9.59 Å². The van der Waals surface area contributed by atoms with Crippen LogP contribution in [0.1, 0.15) is 10.4 Å². The number of imide groups is 1. The molecule has 1 aromatic carbocycles. The van der Waals surface area contributed by atoms with E-state index in [0.29, 0.717) is 16.5 Å². The van der Waals surface area contributed by atoms with Gasteiger partial charge in [-0.3, -0.25) is 24.7 Å². The van der Waals surface area contributed by atoms with E-state index in [1.165, 1.54) is 4.90 Å². The van der Waals surface area contributed by atoms with Crippen molar-refractivity contribution in [2.45, 2.75) is 0 Å². The predicted molar refractivity (Wildman–Crippen MR) is 70.8 cm³/mol. The van der Waals surface area contributed by atoms with Crippen LogP contribution in [0.4, 0.5) is 0 Å². The van der Waals surface area contributed by atoms with E-state index in [1.807, 2.05) is 0 Å². The third-order valence-electron chi connectivity index (χ3n) is 3.11. The van der Waals surface area contributed by atoms with Crippen molar-refractivity contribution in [1.82, 2.24) is 15.2 Å². The quantitative estimate of drug-likeness (QED) is 0.757. The van der Waals surface area contributed by atoms with Gasteiger partial charge in [-0.1, -0.05) is 12.1 Å². The fraction of sp³-hybridized carbons (Fsp3) is 0.143. The molecule has 6 heteroatoms. The van der Waals surface area contributed by atoms with Gasteiger partial charge in [0.25, 0.3) is 5.91 Å².